The second-order valence-electron chi connectivity index (χ2n) is 11.2. The molecule has 222 valence electrons. The van der Waals surface area contributed by atoms with Gasteiger partial charge in [-0.15, -0.1) is 0 Å². The summed E-state index contributed by atoms with van der Waals surface area (Å²) in [5, 5.41) is 27.4. The van der Waals surface area contributed by atoms with Crippen molar-refractivity contribution in [2.24, 2.45) is 0 Å². The van der Waals surface area contributed by atoms with Crippen LogP contribution in [0.25, 0.3) is 67.2 Å². The van der Waals surface area contributed by atoms with Crippen LogP contribution < -0.4 is 0 Å². The van der Waals surface area contributed by atoms with Crippen LogP contribution in [0.4, 0.5) is 0 Å². The largest absolute Gasteiger partial charge is 0.255 e. The molecule has 0 saturated carbocycles. The van der Waals surface area contributed by atoms with Gasteiger partial charge in [-0.05, 0) is 88.0 Å². The first-order valence-corrected chi connectivity index (χ1v) is 15.2. The summed E-state index contributed by atoms with van der Waals surface area (Å²) < 4.78 is 0. The van der Waals surface area contributed by atoms with Gasteiger partial charge in [-0.25, -0.2) is 0 Å². The number of pyridine rings is 3. The standard InChI is InChI=1S/C42H24N6/c43-22-28-1-16-40(46-25-28)34-10-4-31(5-11-34)37-19-38(32-6-12-35(13-7-32)41-17-2-29(23-44)26-47-41)21-39(20-37)33-8-14-36(15-9-33)42-18-3-30(24-45)27-48-42/h1-21,25-27H. The van der Waals surface area contributed by atoms with E-state index in [1.807, 2.05) is 18.2 Å². The van der Waals surface area contributed by atoms with Crippen molar-refractivity contribution in [3.8, 4) is 85.4 Å². The molecule has 0 aliphatic carbocycles. The summed E-state index contributed by atoms with van der Waals surface area (Å²) >= 11 is 0. The van der Waals surface area contributed by atoms with E-state index in [2.05, 4.69) is 124 Å². The topological polar surface area (TPSA) is 110 Å². The first-order valence-electron chi connectivity index (χ1n) is 15.2. The van der Waals surface area contributed by atoms with Crippen LogP contribution in [-0.2, 0) is 0 Å². The van der Waals surface area contributed by atoms with Crippen molar-refractivity contribution >= 4 is 0 Å². The lowest BCUT2D eigenvalue weighted by atomic mass is 9.92. The quantitative estimate of drug-likeness (QED) is 0.185. The highest BCUT2D eigenvalue weighted by Gasteiger charge is 2.10. The highest BCUT2D eigenvalue weighted by atomic mass is 14.7. The maximum atomic E-state index is 9.12. The van der Waals surface area contributed by atoms with E-state index in [9.17, 15) is 0 Å². The summed E-state index contributed by atoms with van der Waals surface area (Å²) in [6.07, 6.45) is 4.76. The monoisotopic (exact) mass is 612 g/mol. The summed E-state index contributed by atoms with van der Waals surface area (Å²) in [6.45, 7) is 0. The van der Waals surface area contributed by atoms with E-state index in [4.69, 9.17) is 15.8 Å². The van der Waals surface area contributed by atoms with Crippen molar-refractivity contribution < 1.29 is 0 Å². The first-order chi connectivity index (χ1) is 23.6. The van der Waals surface area contributed by atoms with E-state index >= 15 is 0 Å². The Balaban J connectivity index is 1.26. The van der Waals surface area contributed by atoms with Gasteiger partial charge in [0.15, 0.2) is 0 Å². The molecule has 48 heavy (non-hydrogen) atoms. The molecule has 6 nitrogen and oxygen atoms in total. The minimum absolute atomic E-state index is 0.530. The van der Waals surface area contributed by atoms with E-state index in [0.717, 1.165) is 67.2 Å². The van der Waals surface area contributed by atoms with Crippen molar-refractivity contribution in [2.75, 3.05) is 0 Å². The van der Waals surface area contributed by atoms with Gasteiger partial charge in [0.05, 0.1) is 33.8 Å². The van der Waals surface area contributed by atoms with Crippen LogP contribution >= 0.6 is 0 Å². The minimum Gasteiger partial charge on any atom is -0.255 e. The highest BCUT2D eigenvalue weighted by molar-refractivity contribution is 5.83. The molecule has 0 aliphatic heterocycles. The summed E-state index contributed by atoms with van der Waals surface area (Å²) in [6, 6.07) is 48.7. The Morgan fingerprint density at radius 2 is 0.542 bits per heavy atom. The van der Waals surface area contributed by atoms with Gasteiger partial charge in [0, 0.05) is 35.3 Å². The number of nitrogens with zero attached hydrogens (tertiary/aromatic N) is 6. The predicted octanol–water partition coefficient (Wildman–Crippen LogP) is 9.49. The third kappa shape index (κ3) is 6.17. The first kappa shape index (κ1) is 29.5. The smallest absolute Gasteiger partial charge is 0.101 e. The van der Waals surface area contributed by atoms with E-state index in [1.165, 1.54) is 0 Å². The molecule has 0 atom stereocenters. The number of nitriles is 3. The molecule has 0 unspecified atom stereocenters. The summed E-state index contributed by atoms with van der Waals surface area (Å²) in [7, 11) is 0. The predicted molar refractivity (Wildman–Crippen MR) is 187 cm³/mol. The van der Waals surface area contributed by atoms with Gasteiger partial charge < -0.3 is 0 Å². The molecule has 0 amide bonds. The van der Waals surface area contributed by atoms with Gasteiger partial charge in [0.2, 0.25) is 0 Å². The van der Waals surface area contributed by atoms with E-state index in [1.54, 1.807) is 36.8 Å². The van der Waals surface area contributed by atoms with Crippen molar-refractivity contribution in [3.05, 3.63) is 163 Å². The zero-order valence-electron chi connectivity index (χ0n) is 25.5. The zero-order chi connectivity index (χ0) is 32.9. The van der Waals surface area contributed by atoms with Gasteiger partial charge in [0.25, 0.3) is 0 Å². The zero-order valence-corrected chi connectivity index (χ0v) is 25.5. The number of hydrogen-bond acceptors (Lipinski definition) is 6. The Hall–Kier alpha value is -7.20. The molecular formula is C42H24N6. The van der Waals surface area contributed by atoms with E-state index in [0.29, 0.717) is 16.7 Å². The Morgan fingerprint density at radius 1 is 0.292 bits per heavy atom. The van der Waals surface area contributed by atoms with Crippen LogP contribution in [0.1, 0.15) is 16.7 Å². The summed E-state index contributed by atoms with van der Waals surface area (Å²) in [4.78, 5) is 13.3. The van der Waals surface area contributed by atoms with E-state index in [-0.39, 0.29) is 0 Å². The van der Waals surface area contributed by atoms with Crippen LogP contribution in [-0.4, -0.2) is 15.0 Å². The molecule has 0 radical (unpaired) electrons. The van der Waals surface area contributed by atoms with Crippen molar-refractivity contribution in [1.29, 1.82) is 15.8 Å². The van der Waals surface area contributed by atoms with Gasteiger partial charge >= 0.3 is 0 Å². The van der Waals surface area contributed by atoms with Crippen LogP contribution in [0, 0.1) is 34.0 Å². The lowest BCUT2D eigenvalue weighted by Crippen LogP contribution is -1.89. The molecule has 3 heterocycles. The van der Waals surface area contributed by atoms with Crippen LogP contribution in [0.3, 0.4) is 0 Å². The normalized spacial score (nSPS) is 10.4. The van der Waals surface area contributed by atoms with Gasteiger partial charge in [-0.3, -0.25) is 15.0 Å². The van der Waals surface area contributed by atoms with Crippen molar-refractivity contribution in [2.45, 2.75) is 0 Å². The van der Waals surface area contributed by atoms with E-state index < -0.39 is 0 Å². The van der Waals surface area contributed by atoms with Crippen molar-refractivity contribution in [3.63, 3.8) is 0 Å². The number of rotatable bonds is 6. The third-order valence-electron chi connectivity index (χ3n) is 8.15. The maximum absolute atomic E-state index is 9.12. The molecule has 0 spiro atoms. The molecule has 4 aromatic carbocycles. The molecule has 0 bridgehead atoms. The second kappa shape index (κ2) is 13.0. The van der Waals surface area contributed by atoms with Gasteiger partial charge in [-0.1, -0.05) is 72.8 Å². The molecule has 6 heteroatoms. The number of aromatic nitrogens is 3. The average Bonchev–Trinajstić information content (AvgIpc) is 3.18. The fourth-order valence-corrected chi connectivity index (χ4v) is 5.52. The van der Waals surface area contributed by atoms with Crippen LogP contribution in [0.15, 0.2) is 146 Å². The molecule has 0 N–H and O–H groups in total. The molecule has 7 aromatic rings. The van der Waals surface area contributed by atoms with Crippen molar-refractivity contribution in [1.82, 2.24) is 15.0 Å². The lowest BCUT2D eigenvalue weighted by molar-refractivity contribution is 1.30. The average molecular weight is 613 g/mol. The van der Waals surface area contributed by atoms with Gasteiger partial charge in [0.1, 0.15) is 18.2 Å². The molecule has 0 aliphatic rings. The Kier molecular flexibility index (Phi) is 8.01. The fourth-order valence-electron chi connectivity index (χ4n) is 5.52. The Labute approximate surface area is 278 Å². The number of hydrogen-bond donors (Lipinski definition) is 0. The molecule has 7 rings (SSSR count). The minimum atomic E-state index is 0.530. The SMILES string of the molecule is N#Cc1ccc(-c2ccc(-c3cc(-c4ccc(-c5ccc(C#N)cn5)cc4)cc(-c4ccc(-c5ccc(C#N)cn5)cc4)c3)cc2)nc1. The summed E-state index contributed by atoms with van der Waals surface area (Å²) in [5.74, 6) is 0. The van der Waals surface area contributed by atoms with Gasteiger partial charge in [-0.2, -0.15) is 15.8 Å². The highest BCUT2D eigenvalue weighted by Crippen LogP contribution is 2.35. The Bertz CT molecular complexity index is 2070. The fraction of sp³-hybridized carbons (Fsp3) is 0. The third-order valence-corrected chi connectivity index (χ3v) is 8.15. The molecule has 3 aromatic heterocycles. The Morgan fingerprint density at radius 3 is 0.750 bits per heavy atom. The summed E-state index contributed by atoms with van der Waals surface area (Å²) in [5.41, 5.74) is 13.3. The lowest BCUT2D eigenvalue weighted by Gasteiger charge is -2.13. The second-order valence-corrected chi connectivity index (χ2v) is 11.2. The molecular weight excluding hydrogens is 589 g/mol. The van der Waals surface area contributed by atoms with Crippen LogP contribution in [0.5, 0.6) is 0 Å². The molecule has 0 saturated heterocycles. The number of benzene rings is 4. The maximum Gasteiger partial charge on any atom is 0.101 e. The van der Waals surface area contributed by atoms with Crippen LogP contribution in [0.2, 0.25) is 0 Å². The molecule has 0 fully saturated rings.